The Morgan fingerprint density at radius 2 is 2.06 bits per heavy atom. The van der Waals surface area contributed by atoms with Gasteiger partial charge >= 0.3 is 11.9 Å². The number of carbonyl (C=O) groups is 4. The van der Waals surface area contributed by atoms with E-state index in [1.165, 1.54) is 37.6 Å². The number of nitrogens with zero attached hydrogens (tertiary/aromatic N) is 2. The van der Waals surface area contributed by atoms with Crippen LogP contribution in [0, 0.1) is 0 Å². The van der Waals surface area contributed by atoms with Gasteiger partial charge in [0.2, 0.25) is 5.60 Å². The number of esters is 1. The summed E-state index contributed by atoms with van der Waals surface area (Å²) in [6, 6.07) is -0.918. The minimum absolute atomic E-state index is 0.176. The predicted molar refractivity (Wildman–Crippen MR) is 138 cm³/mol. The van der Waals surface area contributed by atoms with E-state index in [1.807, 2.05) is 13.8 Å². The second-order valence-electron chi connectivity index (χ2n) is 8.48. The van der Waals surface area contributed by atoms with Crippen molar-refractivity contribution < 1.29 is 33.9 Å². The number of thioether (sulfide) groups is 2. The fraction of sp³-hybridized carbons (Fsp3) is 0.522. The number of ether oxygens (including phenoxy) is 1. The van der Waals surface area contributed by atoms with Crippen LogP contribution in [0.3, 0.4) is 0 Å². The number of carboxylic acids is 1. The highest BCUT2D eigenvalue weighted by molar-refractivity contribution is 8.05. The number of carbonyl (C=O) groups excluding carboxylic acids is 3. The maximum atomic E-state index is 13.3. The summed E-state index contributed by atoms with van der Waals surface area (Å²) < 4.78 is 4.87. The highest BCUT2D eigenvalue weighted by Gasteiger charge is 2.54. The molecule has 4 N–H and O–H groups in total. The van der Waals surface area contributed by atoms with E-state index >= 15 is 0 Å². The molecule has 0 bridgehead atoms. The van der Waals surface area contributed by atoms with Crippen LogP contribution in [0.1, 0.15) is 47.0 Å². The maximum absolute atomic E-state index is 13.3. The molecule has 0 aliphatic carbocycles. The van der Waals surface area contributed by atoms with Gasteiger partial charge in [-0.25, -0.2) is 9.59 Å². The minimum Gasteiger partial charge on any atom is -0.478 e. The number of hydrogen-bond donors (Lipinski definition) is 3. The van der Waals surface area contributed by atoms with Crippen LogP contribution in [0.4, 0.5) is 0 Å². The van der Waals surface area contributed by atoms with Crippen LogP contribution in [-0.2, 0) is 28.8 Å². The summed E-state index contributed by atoms with van der Waals surface area (Å²) in [5.74, 6) is -2.54. The molecular weight excluding hydrogens is 508 g/mol. The summed E-state index contributed by atoms with van der Waals surface area (Å²) in [6.45, 7) is 10.00. The van der Waals surface area contributed by atoms with Crippen molar-refractivity contribution in [2.45, 2.75) is 64.0 Å². The summed E-state index contributed by atoms with van der Waals surface area (Å²) >= 11 is 2.51. The molecule has 2 aliphatic heterocycles. The van der Waals surface area contributed by atoms with Gasteiger partial charge in [0, 0.05) is 5.75 Å². The van der Waals surface area contributed by atoms with E-state index < -0.39 is 40.8 Å². The number of nitrogens with one attached hydrogen (secondary N) is 1. The van der Waals surface area contributed by atoms with E-state index in [9.17, 15) is 24.3 Å². The molecule has 13 heteroatoms. The number of aliphatic carboxylic acids is 1. The molecule has 0 aromatic carbocycles. The van der Waals surface area contributed by atoms with Gasteiger partial charge in [0.15, 0.2) is 5.71 Å². The highest BCUT2D eigenvalue weighted by atomic mass is 32.2. The molecule has 0 aromatic rings. The molecule has 2 atom stereocenters. The molecule has 0 saturated carbocycles. The standard InChI is InChI=1S/C23H32N4O7S2/c1-7-9-14(11-35-12(3)24)15(26-34-23(4,5)22(31)32)18(28)25-16-19(29)27-17(21(30)33-6)13(8-2)10-36-20(16)27/h11,16,20H,3,7-10,24H2,1-2,4-6H3,(H,25,28)(H,31,32)/b14-11+,26-15-. The zero-order valence-electron chi connectivity index (χ0n) is 21.0. The topological polar surface area (TPSA) is 161 Å². The number of fused-ring (bicyclic) bond motifs is 1. The largest absolute Gasteiger partial charge is 0.478 e. The third-order valence-corrected chi connectivity index (χ3v) is 7.46. The molecule has 1 fully saturated rings. The van der Waals surface area contributed by atoms with E-state index in [1.54, 1.807) is 5.41 Å². The van der Waals surface area contributed by atoms with E-state index in [4.69, 9.17) is 15.3 Å². The molecule has 198 valence electrons. The lowest BCUT2D eigenvalue weighted by Gasteiger charge is -2.49. The zero-order valence-corrected chi connectivity index (χ0v) is 22.6. The number of methoxy groups -OCH3 is 1. The van der Waals surface area contributed by atoms with Crippen LogP contribution in [0.2, 0.25) is 0 Å². The SMILES string of the molecule is C=C(N)S/C=C(CCC)/C(=N/OC(C)(C)C(=O)O)C(=O)NC1C(=O)N2C(C(=O)OC)=C(CC)CSC12. The van der Waals surface area contributed by atoms with E-state index in [2.05, 4.69) is 17.1 Å². The Bertz CT molecular complexity index is 1040. The fourth-order valence-corrected chi connectivity index (χ4v) is 5.31. The van der Waals surface area contributed by atoms with Crippen LogP contribution in [0.25, 0.3) is 0 Å². The van der Waals surface area contributed by atoms with Gasteiger partial charge in [-0.3, -0.25) is 14.5 Å². The fourth-order valence-electron chi connectivity index (χ4n) is 3.34. The van der Waals surface area contributed by atoms with Gasteiger partial charge in [-0.05, 0) is 43.2 Å². The second kappa shape index (κ2) is 12.3. The first-order chi connectivity index (χ1) is 16.9. The maximum Gasteiger partial charge on any atom is 0.354 e. The number of rotatable bonds is 12. The number of nitrogens with two attached hydrogens (primary N) is 1. The molecule has 2 rings (SSSR count). The van der Waals surface area contributed by atoms with E-state index in [0.29, 0.717) is 30.6 Å². The van der Waals surface area contributed by atoms with Gasteiger partial charge in [-0.1, -0.05) is 43.8 Å². The van der Waals surface area contributed by atoms with Crippen LogP contribution in [-0.4, -0.2) is 69.4 Å². The Morgan fingerprint density at radius 3 is 2.58 bits per heavy atom. The van der Waals surface area contributed by atoms with E-state index in [0.717, 1.165) is 17.3 Å². The lowest BCUT2D eigenvalue weighted by atomic mass is 10.0. The van der Waals surface area contributed by atoms with E-state index in [-0.39, 0.29) is 16.4 Å². The Labute approximate surface area is 218 Å². The minimum atomic E-state index is -1.70. The molecule has 0 aromatic heterocycles. The molecule has 0 spiro atoms. The summed E-state index contributed by atoms with van der Waals surface area (Å²) in [5, 5.41) is 17.3. The van der Waals surface area contributed by atoms with Gasteiger partial charge in [0.25, 0.3) is 11.8 Å². The third-order valence-electron chi connectivity index (χ3n) is 5.41. The number of carboxylic acid groups (broad SMARTS) is 1. The lowest BCUT2D eigenvalue weighted by molar-refractivity contribution is -0.161. The van der Waals surface area contributed by atoms with Crippen LogP contribution in [0.15, 0.2) is 39.0 Å². The van der Waals surface area contributed by atoms with Crippen molar-refractivity contribution in [1.29, 1.82) is 0 Å². The predicted octanol–water partition coefficient (Wildman–Crippen LogP) is 2.31. The Morgan fingerprint density at radius 1 is 1.39 bits per heavy atom. The molecule has 1 saturated heterocycles. The number of amides is 2. The first kappa shape index (κ1) is 29.3. The highest BCUT2D eigenvalue weighted by Crippen LogP contribution is 2.41. The van der Waals surface area contributed by atoms with Crippen molar-refractivity contribution in [2.75, 3.05) is 12.9 Å². The Kier molecular flexibility index (Phi) is 10.1. The molecule has 36 heavy (non-hydrogen) atoms. The zero-order chi connectivity index (χ0) is 27.2. The second-order valence-corrected chi connectivity index (χ2v) is 10.6. The van der Waals surface area contributed by atoms with Crippen molar-refractivity contribution in [3.05, 3.63) is 33.9 Å². The first-order valence-corrected chi connectivity index (χ1v) is 13.2. The molecule has 2 heterocycles. The van der Waals surface area contributed by atoms with Gasteiger partial charge in [0.1, 0.15) is 17.1 Å². The van der Waals surface area contributed by atoms with Crippen LogP contribution >= 0.6 is 23.5 Å². The lowest BCUT2D eigenvalue weighted by Crippen LogP contribution is -2.71. The number of β-lactam (4-membered cyclic amide) rings is 1. The quantitative estimate of drug-likeness (QED) is 0.145. The summed E-state index contributed by atoms with van der Waals surface area (Å²) in [7, 11) is 1.25. The van der Waals surface area contributed by atoms with Gasteiger partial charge < -0.3 is 25.7 Å². The molecule has 11 nitrogen and oxygen atoms in total. The smallest absolute Gasteiger partial charge is 0.354 e. The normalized spacial score (nSPS) is 20.4. The van der Waals surface area contributed by atoms with Gasteiger partial charge in [-0.2, -0.15) is 0 Å². The van der Waals surface area contributed by atoms with Crippen LogP contribution in [0.5, 0.6) is 0 Å². The Hall–Kier alpha value is -2.93. The third kappa shape index (κ3) is 6.44. The van der Waals surface area contributed by atoms with Crippen molar-refractivity contribution in [2.24, 2.45) is 10.9 Å². The van der Waals surface area contributed by atoms with Crippen molar-refractivity contribution >= 4 is 53.0 Å². The van der Waals surface area contributed by atoms with Crippen molar-refractivity contribution in [1.82, 2.24) is 10.2 Å². The molecular formula is C23H32N4O7S2. The number of oxime groups is 1. The first-order valence-electron chi connectivity index (χ1n) is 11.2. The van der Waals surface area contributed by atoms with Crippen molar-refractivity contribution in [3.63, 3.8) is 0 Å². The molecule has 2 aliphatic rings. The molecule has 0 radical (unpaired) electrons. The summed E-state index contributed by atoms with van der Waals surface area (Å²) in [6.07, 6.45) is 1.62. The van der Waals surface area contributed by atoms with Crippen LogP contribution < -0.4 is 11.1 Å². The molecule has 2 unspecified atom stereocenters. The van der Waals surface area contributed by atoms with Gasteiger partial charge in [-0.15, -0.1) is 11.8 Å². The molecule has 2 amide bonds. The summed E-state index contributed by atoms with van der Waals surface area (Å²) in [5.41, 5.74) is 5.22. The monoisotopic (exact) mass is 540 g/mol. The average molecular weight is 541 g/mol. The van der Waals surface area contributed by atoms with Crippen molar-refractivity contribution in [3.8, 4) is 0 Å². The number of hydrogen-bond acceptors (Lipinski definition) is 10. The summed E-state index contributed by atoms with van der Waals surface area (Å²) in [4.78, 5) is 56.8. The van der Waals surface area contributed by atoms with Gasteiger partial charge in [0.05, 0.1) is 12.1 Å². The Balaban J connectivity index is 2.36. The average Bonchev–Trinajstić information content (AvgIpc) is 2.83.